The van der Waals surface area contributed by atoms with Crippen molar-refractivity contribution < 1.29 is 22.4 Å². The number of carbonyl (C=O) groups is 2. The number of halogens is 3. The highest BCUT2D eigenvalue weighted by Gasteiger charge is 2.34. The second kappa shape index (κ2) is 14.0. The van der Waals surface area contributed by atoms with Crippen LogP contribution in [0.15, 0.2) is 77.7 Å². The van der Waals surface area contributed by atoms with Gasteiger partial charge in [-0.05, 0) is 60.4 Å². The summed E-state index contributed by atoms with van der Waals surface area (Å²) in [6.45, 7) is 5.35. The van der Waals surface area contributed by atoms with Crippen molar-refractivity contribution in [3.05, 3.63) is 94.2 Å². The molecule has 0 saturated carbocycles. The zero-order chi connectivity index (χ0) is 29.4. The van der Waals surface area contributed by atoms with Gasteiger partial charge in [-0.15, -0.1) is 0 Å². The van der Waals surface area contributed by atoms with Gasteiger partial charge in [-0.25, -0.2) is 12.8 Å². The number of nitrogens with zero attached hydrogens (tertiary/aromatic N) is 2. The quantitative estimate of drug-likeness (QED) is 0.277. The molecule has 0 spiro atoms. The molecule has 0 saturated heterocycles. The summed E-state index contributed by atoms with van der Waals surface area (Å²) in [5, 5.41) is 3.16. The minimum atomic E-state index is -4.28. The third kappa shape index (κ3) is 7.96. The molecule has 0 radical (unpaired) electrons. The number of nitrogens with one attached hydrogen (secondary N) is 1. The normalized spacial score (nSPS) is 12.2. The molecule has 214 valence electrons. The summed E-state index contributed by atoms with van der Waals surface area (Å²) in [4.78, 5) is 28.5. The maximum absolute atomic E-state index is 14.0. The number of benzene rings is 3. The zero-order valence-corrected chi connectivity index (χ0v) is 24.8. The van der Waals surface area contributed by atoms with Crippen LogP contribution in [0.1, 0.15) is 32.8 Å². The van der Waals surface area contributed by atoms with Crippen LogP contribution >= 0.6 is 23.2 Å². The van der Waals surface area contributed by atoms with Crippen molar-refractivity contribution in [2.24, 2.45) is 5.92 Å². The highest BCUT2D eigenvalue weighted by atomic mass is 35.5. The fourth-order valence-electron chi connectivity index (χ4n) is 4.04. The van der Waals surface area contributed by atoms with Crippen LogP contribution < -0.4 is 9.62 Å². The van der Waals surface area contributed by atoms with Gasteiger partial charge < -0.3 is 10.2 Å². The summed E-state index contributed by atoms with van der Waals surface area (Å²) in [5.41, 5.74) is 0.591. The summed E-state index contributed by atoms with van der Waals surface area (Å²) in [5.74, 6) is -1.28. The Morgan fingerprint density at radius 2 is 1.62 bits per heavy atom. The Morgan fingerprint density at radius 1 is 0.975 bits per heavy atom. The van der Waals surface area contributed by atoms with Crippen LogP contribution in [0, 0.1) is 11.7 Å². The van der Waals surface area contributed by atoms with E-state index < -0.39 is 34.3 Å². The second-order valence-electron chi connectivity index (χ2n) is 9.63. The Labute approximate surface area is 244 Å². The van der Waals surface area contributed by atoms with E-state index in [0.717, 1.165) is 4.31 Å². The Morgan fingerprint density at radius 3 is 2.23 bits per heavy atom. The van der Waals surface area contributed by atoms with E-state index in [0.29, 0.717) is 12.1 Å². The molecule has 0 fully saturated rings. The van der Waals surface area contributed by atoms with E-state index >= 15 is 0 Å². The number of amides is 2. The number of hydrogen-bond acceptors (Lipinski definition) is 4. The smallest absolute Gasteiger partial charge is 0.264 e. The highest BCUT2D eigenvalue weighted by molar-refractivity contribution is 7.92. The van der Waals surface area contributed by atoms with E-state index in [2.05, 4.69) is 5.32 Å². The number of rotatable bonds is 12. The zero-order valence-electron chi connectivity index (χ0n) is 22.5. The van der Waals surface area contributed by atoms with Crippen molar-refractivity contribution in [3.8, 4) is 0 Å². The molecule has 1 N–H and O–H groups in total. The molecule has 0 aliphatic carbocycles. The van der Waals surface area contributed by atoms with Gasteiger partial charge in [-0.1, -0.05) is 74.3 Å². The van der Waals surface area contributed by atoms with E-state index in [9.17, 15) is 22.4 Å². The average molecular weight is 609 g/mol. The Kier molecular flexibility index (Phi) is 11.0. The molecule has 0 aromatic heterocycles. The molecule has 40 heavy (non-hydrogen) atoms. The number of hydrogen-bond donors (Lipinski definition) is 1. The minimum Gasteiger partial charge on any atom is -0.354 e. The molecular weight excluding hydrogens is 576 g/mol. The predicted molar refractivity (Wildman–Crippen MR) is 156 cm³/mol. The lowest BCUT2D eigenvalue weighted by Crippen LogP contribution is -2.52. The Hall–Kier alpha value is -3.14. The molecule has 11 heteroatoms. The van der Waals surface area contributed by atoms with Crippen molar-refractivity contribution in [3.63, 3.8) is 0 Å². The van der Waals surface area contributed by atoms with Gasteiger partial charge in [0.25, 0.3) is 10.0 Å². The van der Waals surface area contributed by atoms with Crippen LogP contribution in [0.4, 0.5) is 10.1 Å². The van der Waals surface area contributed by atoms with Gasteiger partial charge in [-0.3, -0.25) is 13.9 Å². The molecule has 3 aromatic rings. The van der Waals surface area contributed by atoms with Crippen LogP contribution in [0.25, 0.3) is 0 Å². The molecular formula is C29H32Cl2FN3O4S. The van der Waals surface area contributed by atoms with Gasteiger partial charge in [0, 0.05) is 18.1 Å². The van der Waals surface area contributed by atoms with Gasteiger partial charge in [0.15, 0.2) is 0 Å². The van der Waals surface area contributed by atoms with Crippen LogP contribution in [-0.2, 0) is 26.2 Å². The minimum absolute atomic E-state index is 0.0189. The number of anilines is 1. The van der Waals surface area contributed by atoms with E-state index in [1.54, 1.807) is 25.1 Å². The topological polar surface area (TPSA) is 86.8 Å². The first-order valence-electron chi connectivity index (χ1n) is 12.8. The van der Waals surface area contributed by atoms with E-state index in [4.69, 9.17) is 23.2 Å². The Bertz CT molecular complexity index is 1420. The fraction of sp³-hybridized carbons (Fsp3) is 0.310. The first-order chi connectivity index (χ1) is 18.9. The third-order valence-electron chi connectivity index (χ3n) is 6.12. The van der Waals surface area contributed by atoms with E-state index in [-0.39, 0.29) is 45.4 Å². The third-order valence-corrected chi connectivity index (χ3v) is 8.45. The number of sulfonamides is 1. The Balaban J connectivity index is 2.07. The lowest BCUT2D eigenvalue weighted by atomic mass is 10.1. The summed E-state index contributed by atoms with van der Waals surface area (Å²) in [6, 6.07) is 16.6. The van der Waals surface area contributed by atoms with Crippen molar-refractivity contribution in [2.75, 3.05) is 17.4 Å². The van der Waals surface area contributed by atoms with Gasteiger partial charge >= 0.3 is 0 Å². The molecule has 0 heterocycles. The molecule has 0 aliphatic heterocycles. The first-order valence-corrected chi connectivity index (χ1v) is 15.0. The van der Waals surface area contributed by atoms with Crippen LogP contribution in [0.2, 0.25) is 10.0 Å². The second-order valence-corrected chi connectivity index (χ2v) is 12.3. The van der Waals surface area contributed by atoms with E-state index in [1.165, 1.54) is 59.5 Å². The molecule has 7 nitrogen and oxygen atoms in total. The summed E-state index contributed by atoms with van der Waals surface area (Å²) < 4.78 is 42.2. The lowest BCUT2D eigenvalue weighted by molar-refractivity contribution is -0.140. The monoisotopic (exact) mass is 607 g/mol. The standard InChI is InChI=1S/C29H32Cl2FN3O4S/c1-4-26(29(37)33-17-20(2)3)34(18-21-10-13-23(32)14-11-21)28(36)19-35(27-16-22(30)12-15-25(27)31)40(38,39)24-8-6-5-7-9-24/h5-16,20,26H,4,17-19H2,1-3H3,(H,33,37)/t26-/m0/s1. The molecule has 1 atom stereocenters. The highest BCUT2D eigenvalue weighted by Crippen LogP contribution is 2.33. The van der Waals surface area contributed by atoms with Gasteiger partial charge in [0.2, 0.25) is 11.8 Å². The molecule has 3 aromatic carbocycles. The molecule has 3 rings (SSSR count). The van der Waals surface area contributed by atoms with Crippen LogP contribution in [0.5, 0.6) is 0 Å². The predicted octanol–water partition coefficient (Wildman–Crippen LogP) is 5.91. The average Bonchev–Trinajstić information content (AvgIpc) is 2.93. The maximum Gasteiger partial charge on any atom is 0.264 e. The molecule has 0 unspecified atom stereocenters. The van der Waals surface area contributed by atoms with Crippen molar-refractivity contribution in [2.45, 2.75) is 44.7 Å². The largest absolute Gasteiger partial charge is 0.354 e. The SMILES string of the molecule is CC[C@@H](C(=O)NCC(C)C)N(Cc1ccc(F)cc1)C(=O)CN(c1cc(Cl)ccc1Cl)S(=O)(=O)c1ccccc1. The lowest BCUT2D eigenvalue weighted by Gasteiger charge is -2.33. The van der Waals surface area contributed by atoms with Crippen molar-refractivity contribution in [1.29, 1.82) is 0 Å². The van der Waals surface area contributed by atoms with Crippen LogP contribution in [0.3, 0.4) is 0 Å². The summed E-state index contributed by atoms with van der Waals surface area (Å²) in [7, 11) is -4.28. The van der Waals surface area contributed by atoms with Gasteiger partial charge in [0.05, 0.1) is 15.6 Å². The molecule has 2 amide bonds. The van der Waals surface area contributed by atoms with E-state index in [1.807, 2.05) is 13.8 Å². The van der Waals surface area contributed by atoms with Crippen LogP contribution in [-0.4, -0.2) is 44.3 Å². The fourth-order valence-corrected chi connectivity index (χ4v) is 5.92. The first kappa shape index (κ1) is 31.4. The van der Waals surface area contributed by atoms with Crippen molar-refractivity contribution >= 4 is 50.7 Å². The van der Waals surface area contributed by atoms with Gasteiger partial charge in [-0.2, -0.15) is 0 Å². The summed E-state index contributed by atoms with van der Waals surface area (Å²) in [6.07, 6.45) is 0.264. The van der Waals surface area contributed by atoms with Gasteiger partial charge in [0.1, 0.15) is 18.4 Å². The number of carbonyl (C=O) groups excluding carboxylic acids is 2. The summed E-state index contributed by atoms with van der Waals surface area (Å²) >= 11 is 12.6. The molecule has 0 bridgehead atoms. The maximum atomic E-state index is 14.0. The van der Waals surface area contributed by atoms with Crippen molar-refractivity contribution in [1.82, 2.24) is 10.2 Å². The molecule has 0 aliphatic rings.